The van der Waals surface area contributed by atoms with Crippen LogP contribution in [0.3, 0.4) is 0 Å². The lowest BCUT2D eigenvalue weighted by Crippen LogP contribution is -2.28. The fourth-order valence-electron chi connectivity index (χ4n) is 4.02. The largest absolute Gasteiger partial charge is 0.469 e. The number of phosphoric ester groups is 1. The molecule has 0 saturated carbocycles. The van der Waals surface area contributed by atoms with Crippen LogP contribution < -0.4 is 0 Å². The first-order valence-corrected chi connectivity index (χ1v) is 17.6. The van der Waals surface area contributed by atoms with Crippen LogP contribution in [0.1, 0.15) is 142 Å². The monoisotopic (exact) mass is 628 g/mol. The lowest BCUT2D eigenvalue weighted by atomic mass is 10.1. The van der Waals surface area contributed by atoms with Crippen molar-refractivity contribution in [3.63, 3.8) is 0 Å². The SMILES string of the molecule is CCCCCCCCCCCC(=O)OCC(CO)OC(=O)CCCCCCCCCCC.O=P(O)(O)OCC(O)CO. The average Bonchev–Trinajstić information content (AvgIpc) is 2.96. The van der Waals surface area contributed by atoms with E-state index in [-0.39, 0.29) is 25.2 Å². The van der Waals surface area contributed by atoms with Crippen LogP contribution in [0, 0.1) is 0 Å². The number of unbranched alkanes of at least 4 members (excludes halogenated alkanes) is 16. The van der Waals surface area contributed by atoms with Gasteiger partial charge in [-0.05, 0) is 12.8 Å². The molecule has 5 N–H and O–H groups in total. The Hall–Kier alpha value is -1.07. The van der Waals surface area contributed by atoms with Gasteiger partial charge in [-0.1, -0.05) is 117 Å². The highest BCUT2D eigenvalue weighted by atomic mass is 31.2. The molecule has 2 atom stereocenters. The Balaban J connectivity index is 0. The van der Waals surface area contributed by atoms with Crippen molar-refractivity contribution in [3.8, 4) is 0 Å². The van der Waals surface area contributed by atoms with Gasteiger partial charge in [-0.3, -0.25) is 14.1 Å². The molecule has 252 valence electrons. The molecule has 11 nitrogen and oxygen atoms in total. The van der Waals surface area contributed by atoms with Crippen LogP contribution in [-0.4, -0.2) is 75.7 Å². The van der Waals surface area contributed by atoms with Crippen molar-refractivity contribution in [2.45, 2.75) is 154 Å². The Morgan fingerprint density at radius 3 is 1.40 bits per heavy atom. The molecule has 0 aromatic rings. The number of aliphatic hydroxyl groups excluding tert-OH is 3. The maximum Gasteiger partial charge on any atom is 0.469 e. The van der Waals surface area contributed by atoms with Crippen molar-refractivity contribution in [1.82, 2.24) is 0 Å². The van der Waals surface area contributed by atoms with Gasteiger partial charge in [0.15, 0.2) is 6.10 Å². The Morgan fingerprint density at radius 2 is 1.02 bits per heavy atom. The lowest BCUT2D eigenvalue weighted by molar-refractivity contribution is -0.161. The molecule has 0 aliphatic heterocycles. The molecule has 0 radical (unpaired) electrons. The van der Waals surface area contributed by atoms with Gasteiger partial charge in [0.25, 0.3) is 0 Å². The van der Waals surface area contributed by atoms with Gasteiger partial charge >= 0.3 is 19.8 Å². The minimum Gasteiger partial charge on any atom is -0.462 e. The Kier molecular flexibility index (Phi) is 32.1. The molecule has 0 bridgehead atoms. The summed E-state index contributed by atoms with van der Waals surface area (Å²) in [6.45, 7) is 2.92. The molecule has 42 heavy (non-hydrogen) atoms. The Morgan fingerprint density at radius 1 is 0.619 bits per heavy atom. The molecule has 0 amide bonds. The van der Waals surface area contributed by atoms with Crippen LogP contribution in [0.4, 0.5) is 0 Å². The van der Waals surface area contributed by atoms with Gasteiger partial charge in [-0.15, -0.1) is 0 Å². The third-order valence-corrected chi connectivity index (χ3v) is 7.03. The van der Waals surface area contributed by atoms with Crippen LogP contribution in [-0.2, 0) is 28.2 Å². The molecule has 0 aliphatic carbocycles. The number of phosphoric acid groups is 1. The number of aliphatic hydroxyl groups is 3. The number of esters is 2. The van der Waals surface area contributed by atoms with E-state index in [0.717, 1.165) is 38.5 Å². The van der Waals surface area contributed by atoms with Gasteiger partial charge < -0.3 is 34.6 Å². The number of rotatable bonds is 28. The van der Waals surface area contributed by atoms with Gasteiger partial charge in [0.2, 0.25) is 0 Å². The highest BCUT2D eigenvalue weighted by Crippen LogP contribution is 2.35. The van der Waals surface area contributed by atoms with E-state index >= 15 is 0 Å². The lowest BCUT2D eigenvalue weighted by Gasteiger charge is -2.15. The van der Waals surface area contributed by atoms with Crippen molar-refractivity contribution >= 4 is 19.8 Å². The van der Waals surface area contributed by atoms with Crippen LogP contribution in [0.5, 0.6) is 0 Å². The van der Waals surface area contributed by atoms with E-state index in [2.05, 4.69) is 18.4 Å². The molecule has 0 fully saturated rings. The Labute approximate surface area is 254 Å². The maximum atomic E-state index is 11.9. The summed E-state index contributed by atoms with van der Waals surface area (Å²) in [7, 11) is -4.50. The average molecular weight is 629 g/mol. The van der Waals surface area contributed by atoms with Gasteiger partial charge in [-0.25, -0.2) is 4.57 Å². The van der Waals surface area contributed by atoms with Crippen molar-refractivity contribution in [2.75, 3.05) is 26.4 Å². The summed E-state index contributed by atoms with van der Waals surface area (Å²) in [6, 6.07) is 0. The smallest absolute Gasteiger partial charge is 0.462 e. The summed E-state index contributed by atoms with van der Waals surface area (Å²) in [6.07, 6.45) is 20.3. The van der Waals surface area contributed by atoms with Gasteiger partial charge in [0.1, 0.15) is 12.7 Å². The third-order valence-electron chi connectivity index (χ3n) is 6.55. The number of hydrogen-bond acceptors (Lipinski definition) is 9. The predicted molar refractivity (Wildman–Crippen MR) is 163 cm³/mol. The molecule has 0 spiro atoms. The van der Waals surface area contributed by atoms with Crippen molar-refractivity contribution in [3.05, 3.63) is 0 Å². The highest BCUT2D eigenvalue weighted by Gasteiger charge is 2.17. The molecule has 0 rings (SSSR count). The normalized spacial score (nSPS) is 12.7. The molecule has 12 heteroatoms. The van der Waals surface area contributed by atoms with Crippen molar-refractivity contribution < 1.29 is 53.3 Å². The first-order chi connectivity index (χ1) is 20.1. The fraction of sp³-hybridized carbons (Fsp3) is 0.933. The van der Waals surface area contributed by atoms with E-state index in [1.54, 1.807) is 0 Å². The topological polar surface area (TPSA) is 180 Å². The standard InChI is InChI=1S/C27H52O5.C3H9O6P/c1-3-5-7-9-11-13-15-17-19-21-26(29)31-24-25(23-28)32-27(30)22-20-18-16-14-12-10-8-6-4-2;4-1-3(5)2-9-10(6,7)8/h25,28H,3-24H2,1-2H3;3-5H,1-2H2,(H2,6,7,8). The zero-order chi connectivity index (χ0) is 31.9. The maximum absolute atomic E-state index is 11.9. The molecule has 0 aromatic heterocycles. The fourth-order valence-corrected chi connectivity index (χ4v) is 4.39. The second-order valence-electron chi connectivity index (χ2n) is 10.8. The number of carbonyl (C=O) groups is 2. The summed E-state index contributed by atoms with van der Waals surface area (Å²) in [5, 5.41) is 26.1. The zero-order valence-corrected chi connectivity index (χ0v) is 27.2. The quantitative estimate of drug-likeness (QED) is 0.0406. The molecule has 0 heterocycles. The summed E-state index contributed by atoms with van der Waals surface area (Å²) in [5.74, 6) is -0.594. The minimum atomic E-state index is -4.50. The van der Waals surface area contributed by atoms with Crippen molar-refractivity contribution in [1.29, 1.82) is 0 Å². The van der Waals surface area contributed by atoms with E-state index < -0.39 is 33.2 Å². The van der Waals surface area contributed by atoms with E-state index in [4.69, 9.17) is 29.5 Å². The molecular weight excluding hydrogens is 567 g/mol. The van der Waals surface area contributed by atoms with E-state index in [0.29, 0.717) is 12.8 Å². The van der Waals surface area contributed by atoms with Crippen LogP contribution in [0.2, 0.25) is 0 Å². The van der Waals surface area contributed by atoms with Gasteiger partial charge in [0, 0.05) is 12.8 Å². The molecule has 0 saturated heterocycles. The van der Waals surface area contributed by atoms with Crippen LogP contribution in [0.25, 0.3) is 0 Å². The first-order valence-electron chi connectivity index (χ1n) is 16.0. The molecular formula is C30H61O11P. The van der Waals surface area contributed by atoms with Crippen molar-refractivity contribution in [2.24, 2.45) is 0 Å². The number of carbonyl (C=O) groups excluding carboxylic acids is 2. The van der Waals surface area contributed by atoms with E-state index in [9.17, 15) is 19.3 Å². The van der Waals surface area contributed by atoms with Crippen LogP contribution in [0.15, 0.2) is 0 Å². The summed E-state index contributed by atoms with van der Waals surface area (Å²) >= 11 is 0. The highest BCUT2D eigenvalue weighted by molar-refractivity contribution is 7.46. The van der Waals surface area contributed by atoms with E-state index in [1.165, 1.54) is 77.0 Å². The summed E-state index contributed by atoms with van der Waals surface area (Å²) < 4.78 is 24.2. The second-order valence-corrected chi connectivity index (χ2v) is 12.0. The second kappa shape index (κ2) is 31.4. The summed E-state index contributed by atoms with van der Waals surface area (Å²) in [5.41, 5.74) is 0. The van der Waals surface area contributed by atoms with Gasteiger partial charge in [-0.2, -0.15) is 0 Å². The van der Waals surface area contributed by atoms with Gasteiger partial charge in [0.05, 0.1) is 19.8 Å². The number of ether oxygens (including phenoxy) is 2. The van der Waals surface area contributed by atoms with Crippen LogP contribution >= 0.6 is 7.82 Å². The zero-order valence-electron chi connectivity index (χ0n) is 26.3. The summed E-state index contributed by atoms with van der Waals surface area (Å²) in [4.78, 5) is 39.9. The Bertz CT molecular complexity index is 657. The van der Waals surface area contributed by atoms with E-state index in [1.807, 2.05) is 0 Å². The first kappa shape index (κ1) is 43.1. The molecule has 0 aliphatic rings. The molecule has 2 unspecified atom stereocenters. The third kappa shape index (κ3) is 35.1. The number of hydrogen-bond donors (Lipinski definition) is 5. The predicted octanol–water partition coefficient (Wildman–Crippen LogP) is 5.72. The molecule has 0 aromatic carbocycles. The minimum absolute atomic E-state index is 0.0593.